The van der Waals surface area contributed by atoms with E-state index >= 15 is 0 Å². The van der Waals surface area contributed by atoms with Crippen LogP contribution in [0.1, 0.15) is 12.5 Å². The van der Waals surface area contributed by atoms with Crippen molar-refractivity contribution in [2.75, 3.05) is 0 Å². The van der Waals surface area contributed by atoms with Crippen LogP contribution in [0.25, 0.3) is 11.5 Å². The van der Waals surface area contributed by atoms with Crippen molar-refractivity contribution < 1.29 is 0 Å². The summed E-state index contributed by atoms with van der Waals surface area (Å²) < 4.78 is 0. The topological polar surface area (TPSA) is 38.7 Å². The number of aromatic nitrogens is 3. The van der Waals surface area contributed by atoms with E-state index in [1.165, 1.54) is 0 Å². The second-order valence-corrected chi connectivity index (χ2v) is 4.42. The molecule has 17 heavy (non-hydrogen) atoms. The van der Waals surface area contributed by atoms with Crippen molar-refractivity contribution in [3.05, 3.63) is 39.2 Å². The Bertz CT molecular complexity index is 534. The van der Waals surface area contributed by atoms with Gasteiger partial charge in [0.05, 0.1) is 5.02 Å². The Kier molecular flexibility index (Phi) is 3.82. The van der Waals surface area contributed by atoms with Crippen LogP contribution in [0.15, 0.2) is 18.3 Å². The first-order valence-electron chi connectivity index (χ1n) is 4.96. The molecule has 2 aromatic heterocycles. The molecule has 88 valence electrons. The van der Waals surface area contributed by atoms with Gasteiger partial charge in [-0.1, -0.05) is 41.7 Å². The summed E-state index contributed by atoms with van der Waals surface area (Å²) in [6, 6.07) is 3.44. The van der Waals surface area contributed by atoms with Gasteiger partial charge < -0.3 is 0 Å². The Labute approximate surface area is 114 Å². The maximum absolute atomic E-state index is 6.03. The number of pyridine rings is 1. The maximum Gasteiger partial charge on any atom is 0.182 e. The fraction of sp³-hybridized carbons (Fsp3) is 0.182. The van der Waals surface area contributed by atoms with E-state index in [4.69, 9.17) is 34.8 Å². The molecule has 2 heterocycles. The van der Waals surface area contributed by atoms with Gasteiger partial charge in [0.1, 0.15) is 16.0 Å². The third kappa shape index (κ3) is 2.51. The second-order valence-electron chi connectivity index (χ2n) is 3.29. The third-order valence-electron chi connectivity index (χ3n) is 2.23. The van der Waals surface area contributed by atoms with E-state index in [0.717, 1.165) is 5.56 Å². The van der Waals surface area contributed by atoms with Gasteiger partial charge in [0.25, 0.3) is 0 Å². The van der Waals surface area contributed by atoms with Crippen molar-refractivity contribution >= 4 is 34.8 Å². The number of halogens is 3. The largest absolute Gasteiger partial charge is 0.251 e. The normalized spacial score (nSPS) is 10.6. The lowest BCUT2D eigenvalue weighted by Gasteiger charge is -2.06. The maximum atomic E-state index is 6.03. The van der Waals surface area contributed by atoms with Crippen LogP contribution in [-0.2, 0) is 6.42 Å². The van der Waals surface area contributed by atoms with E-state index in [-0.39, 0.29) is 0 Å². The molecular weight excluding hydrogens is 281 g/mol. The van der Waals surface area contributed by atoms with Crippen LogP contribution in [0.3, 0.4) is 0 Å². The number of nitrogens with zero attached hydrogens (tertiary/aromatic N) is 3. The van der Waals surface area contributed by atoms with Gasteiger partial charge in [-0.25, -0.2) is 9.97 Å². The van der Waals surface area contributed by atoms with Crippen LogP contribution < -0.4 is 0 Å². The molecule has 0 radical (unpaired) electrons. The number of rotatable bonds is 2. The van der Waals surface area contributed by atoms with Crippen molar-refractivity contribution in [2.24, 2.45) is 0 Å². The van der Waals surface area contributed by atoms with Crippen molar-refractivity contribution in [3.63, 3.8) is 0 Å². The summed E-state index contributed by atoms with van der Waals surface area (Å²) in [6.45, 7) is 1.93. The Morgan fingerprint density at radius 2 is 1.76 bits per heavy atom. The van der Waals surface area contributed by atoms with E-state index < -0.39 is 0 Å². The molecule has 6 heteroatoms. The van der Waals surface area contributed by atoms with E-state index in [0.29, 0.717) is 33.3 Å². The summed E-state index contributed by atoms with van der Waals surface area (Å²) in [4.78, 5) is 12.4. The smallest absolute Gasteiger partial charge is 0.182 e. The van der Waals surface area contributed by atoms with Crippen molar-refractivity contribution in [3.8, 4) is 11.5 Å². The zero-order valence-corrected chi connectivity index (χ0v) is 11.2. The first kappa shape index (κ1) is 12.6. The van der Waals surface area contributed by atoms with E-state index in [1.807, 2.05) is 6.92 Å². The summed E-state index contributed by atoms with van der Waals surface area (Å²) in [5, 5.41) is 1.14. The Balaban J connectivity index is 2.59. The Morgan fingerprint density at radius 3 is 2.29 bits per heavy atom. The molecule has 0 spiro atoms. The highest BCUT2D eigenvalue weighted by Crippen LogP contribution is 2.28. The molecule has 0 unspecified atom stereocenters. The summed E-state index contributed by atoms with van der Waals surface area (Å²) in [6.07, 6.45) is 2.29. The van der Waals surface area contributed by atoms with Crippen molar-refractivity contribution in [2.45, 2.75) is 13.3 Å². The zero-order valence-electron chi connectivity index (χ0n) is 8.91. The molecule has 0 aromatic carbocycles. The molecule has 2 aromatic rings. The number of hydrogen-bond acceptors (Lipinski definition) is 3. The summed E-state index contributed by atoms with van der Waals surface area (Å²) in [5.74, 6) is 0.336. The van der Waals surface area contributed by atoms with Gasteiger partial charge in [-0.15, -0.1) is 0 Å². The Morgan fingerprint density at radius 1 is 1.12 bits per heavy atom. The molecule has 0 aliphatic heterocycles. The van der Waals surface area contributed by atoms with E-state index in [9.17, 15) is 0 Å². The first-order chi connectivity index (χ1) is 8.13. The molecule has 0 N–H and O–H groups in total. The third-order valence-corrected chi connectivity index (χ3v) is 3.16. The molecule has 0 amide bonds. The summed E-state index contributed by atoms with van der Waals surface area (Å²) >= 11 is 18.1. The van der Waals surface area contributed by atoms with Gasteiger partial charge in [-0.05, 0) is 18.6 Å². The highest BCUT2D eigenvalue weighted by Gasteiger charge is 2.14. The van der Waals surface area contributed by atoms with E-state index in [1.54, 1.807) is 18.3 Å². The monoisotopic (exact) mass is 287 g/mol. The molecule has 0 atom stereocenters. The van der Waals surface area contributed by atoms with Gasteiger partial charge in [0, 0.05) is 11.8 Å². The fourth-order valence-electron chi connectivity index (χ4n) is 1.38. The lowest BCUT2D eigenvalue weighted by atomic mass is 10.2. The standard InChI is InChI=1S/C11H8Cl3N3/c1-2-6-9(13)16-11(17-10(6)14)8-7(12)4-3-5-15-8/h3-5H,2H2,1H3. The molecule has 0 aliphatic carbocycles. The quantitative estimate of drug-likeness (QED) is 0.782. The lowest BCUT2D eigenvalue weighted by molar-refractivity contribution is 1.04. The molecule has 2 rings (SSSR count). The zero-order chi connectivity index (χ0) is 12.4. The fourth-order valence-corrected chi connectivity index (χ4v) is 2.24. The lowest BCUT2D eigenvalue weighted by Crippen LogP contribution is -1.98. The van der Waals surface area contributed by atoms with Gasteiger partial charge in [0.15, 0.2) is 5.82 Å². The van der Waals surface area contributed by atoms with Crippen LogP contribution in [0.2, 0.25) is 15.3 Å². The molecule has 0 bridgehead atoms. The van der Waals surface area contributed by atoms with Crippen LogP contribution in [0.5, 0.6) is 0 Å². The minimum absolute atomic E-state index is 0.336. The minimum Gasteiger partial charge on any atom is -0.251 e. The molecule has 0 saturated heterocycles. The SMILES string of the molecule is CCc1c(Cl)nc(-c2ncccc2Cl)nc1Cl. The predicted molar refractivity (Wildman–Crippen MR) is 69.7 cm³/mol. The Hall–Kier alpha value is -0.900. The predicted octanol–water partition coefficient (Wildman–Crippen LogP) is 4.06. The molecule has 0 aliphatic rings. The minimum atomic E-state index is 0.336. The molecule has 0 saturated carbocycles. The van der Waals surface area contributed by atoms with Crippen LogP contribution >= 0.6 is 34.8 Å². The summed E-state index contributed by atoms with van der Waals surface area (Å²) in [7, 11) is 0. The molecular formula is C11H8Cl3N3. The second kappa shape index (κ2) is 5.17. The van der Waals surface area contributed by atoms with E-state index in [2.05, 4.69) is 15.0 Å². The van der Waals surface area contributed by atoms with Gasteiger partial charge >= 0.3 is 0 Å². The highest BCUT2D eigenvalue weighted by molar-refractivity contribution is 6.35. The van der Waals surface area contributed by atoms with Crippen LogP contribution in [0, 0.1) is 0 Å². The van der Waals surface area contributed by atoms with Crippen molar-refractivity contribution in [1.82, 2.24) is 15.0 Å². The average molecular weight is 289 g/mol. The molecule has 3 nitrogen and oxygen atoms in total. The van der Waals surface area contributed by atoms with Crippen molar-refractivity contribution in [1.29, 1.82) is 0 Å². The molecule has 0 fully saturated rings. The van der Waals surface area contributed by atoms with Crippen LogP contribution in [0.4, 0.5) is 0 Å². The first-order valence-corrected chi connectivity index (χ1v) is 6.09. The summed E-state index contributed by atoms with van der Waals surface area (Å²) in [5.41, 5.74) is 1.20. The average Bonchev–Trinajstić information content (AvgIpc) is 2.29. The van der Waals surface area contributed by atoms with Gasteiger partial charge in [-0.2, -0.15) is 0 Å². The number of hydrogen-bond donors (Lipinski definition) is 0. The van der Waals surface area contributed by atoms with Crippen LogP contribution in [-0.4, -0.2) is 15.0 Å². The van der Waals surface area contributed by atoms with Gasteiger partial charge in [-0.3, -0.25) is 4.98 Å². The highest BCUT2D eigenvalue weighted by atomic mass is 35.5. The van der Waals surface area contributed by atoms with Gasteiger partial charge in [0.2, 0.25) is 0 Å².